The average molecular weight is 320 g/mol. The van der Waals surface area contributed by atoms with Crippen LogP contribution in [0.5, 0.6) is 0 Å². The Bertz CT molecular complexity index is 388. The molecule has 0 aromatic heterocycles. The molecule has 1 amide bonds. The van der Waals surface area contributed by atoms with E-state index in [-0.39, 0.29) is 6.61 Å². The van der Waals surface area contributed by atoms with Crippen molar-refractivity contribution in [1.29, 1.82) is 0 Å². The van der Waals surface area contributed by atoms with Crippen LogP contribution in [0.4, 0.5) is 26.3 Å². The summed E-state index contributed by atoms with van der Waals surface area (Å²) in [5, 5.41) is 2.72. The van der Waals surface area contributed by atoms with Gasteiger partial charge in [0.1, 0.15) is 6.04 Å². The molecule has 0 aromatic rings. The van der Waals surface area contributed by atoms with Crippen LogP contribution in [0.1, 0.15) is 6.42 Å². The number of carbonyl (C=O) groups excluding carboxylic acids is 1. The molecule has 21 heavy (non-hydrogen) atoms. The van der Waals surface area contributed by atoms with E-state index in [0.29, 0.717) is 18.1 Å². The monoisotopic (exact) mass is 320 g/mol. The van der Waals surface area contributed by atoms with Gasteiger partial charge in [-0.15, -0.1) is 0 Å². The van der Waals surface area contributed by atoms with E-state index >= 15 is 0 Å². The molecule has 0 saturated carbocycles. The Morgan fingerprint density at radius 1 is 1.19 bits per heavy atom. The number of nitrogens with zero attached hydrogens (tertiary/aromatic N) is 1. The Balaban J connectivity index is 2.15. The number of alkyl halides is 6. The van der Waals surface area contributed by atoms with Gasteiger partial charge in [0.05, 0.1) is 13.2 Å². The van der Waals surface area contributed by atoms with E-state index in [1.165, 1.54) is 0 Å². The topological polar surface area (TPSA) is 41.6 Å². The van der Waals surface area contributed by atoms with Crippen molar-refractivity contribution in [2.75, 3.05) is 32.8 Å². The first kappa shape index (κ1) is 16.3. The maximum Gasteiger partial charge on any atom is 0.404 e. The Morgan fingerprint density at radius 3 is 2.24 bits per heavy atom. The molecule has 1 N–H and O–H groups in total. The third-order valence-corrected chi connectivity index (χ3v) is 3.89. The highest BCUT2D eigenvalue weighted by Crippen LogP contribution is 2.55. The van der Waals surface area contributed by atoms with Gasteiger partial charge in [0.2, 0.25) is 5.91 Å². The molecule has 0 aliphatic carbocycles. The second kappa shape index (κ2) is 5.31. The zero-order valence-electron chi connectivity index (χ0n) is 10.9. The van der Waals surface area contributed by atoms with Gasteiger partial charge in [-0.25, -0.2) is 0 Å². The maximum absolute atomic E-state index is 12.9. The van der Waals surface area contributed by atoms with Crippen molar-refractivity contribution >= 4 is 5.91 Å². The van der Waals surface area contributed by atoms with Crippen LogP contribution >= 0.6 is 0 Å². The van der Waals surface area contributed by atoms with Crippen LogP contribution in [0.15, 0.2) is 0 Å². The molecule has 0 aromatic carbocycles. The van der Waals surface area contributed by atoms with Gasteiger partial charge < -0.3 is 15.0 Å². The minimum absolute atomic E-state index is 0.0552. The van der Waals surface area contributed by atoms with E-state index in [9.17, 15) is 31.1 Å². The second-order valence-electron chi connectivity index (χ2n) is 5.17. The number of nitrogens with one attached hydrogen (secondary N) is 1. The minimum atomic E-state index is -5.45. The Morgan fingerprint density at radius 2 is 1.81 bits per heavy atom. The average Bonchev–Trinajstić information content (AvgIpc) is 2.84. The number of rotatable bonds is 1. The summed E-state index contributed by atoms with van der Waals surface area (Å²) < 4.78 is 82.4. The first-order valence-corrected chi connectivity index (χ1v) is 6.32. The number of ether oxygens (including phenoxy) is 1. The van der Waals surface area contributed by atoms with Crippen molar-refractivity contribution in [1.82, 2.24) is 10.2 Å². The Kier molecular flexibility index (Phi) is 4.13. The zero-order valence-corrected chi connectivity index (χ0v) is 10.9. The first-order chi connectivity index (χ1) is 9.58. The fourth-order valence-electron chi connectivity index (χ4n) is 2.57. The molecule has 4 nitrogen and oxygen atoms in total. The third-order valence-electron chi connectivity index (χ3n) is 3.89. The van der Waals surface area contributed by atoms with Crippen LogP contribution in [0.25, 0.3) is 0 Å². The van der Waals surface area contributed by atoms with Crippen LogP contribution in [0.2, 0.25) is 0 Å². The van der Waals surface area contributed by atoms with Crippen LogP contribution in [-0.2, 0) is 9.53 Å². The lowest BCUT2D eigenvalue weighted by Crippen LogP contribution is -2.55. The molecule has 2 aliphatic heterocycles. The Labute approximate surface area is 116 Å². The van der Waals surface area contributed by atoms with E-state index in [4.69, 9.17) is 4.74 Å². The molecular weight excluding hydrogens is 306 g/mol. The molecular formula is C11H14F6N2O2. The molecule has 2 heterocycles. The van der Waals surface area contributed by atoms with Crippen molar-refractivity contribution in [2.45, 2.75) is 24.8 Å². The summed E-state index contributed by atoms with van der Waals surface area (Å²) in [7, 11) is 0. The van der Waals surface area contributed by atoms with Crippen LogP contribution in [0, 0.1) is 5.41 Å². The van der Waals surface area contributed by atoms with Gasteiger partial charge in [-0.3, -0.25) is 4.79 Å². The molecule has 0 radical (unpaired) electrons. The van der Waals surface area contributed by atoms with Crippen molar-refractivity contribution in [3.8, 4) is 0 Å². The minimum Gasteiger partial charge on any atom is -0.378 e. The third kappa shape index (κ3) is 2.83. The summed E-state index contributed by atoms with van der Waals surface area (Å²) in [5.41, 5.74) is -3.84. The molecule has 2 saturated heterocycles. The number of carbonyl (C=O) groups is 1. The predicted molar refractivity (Wildman–Crippen MR) is 58.3 cm³/mol. The maximum atomic E-state index is 12.9. The van der Waals surface area contributed by atoms with E-state index in [2.05, 4.69) is 5.32 Å². The molecule has 2 rings (SSSR count). The molecule has 10 heteroatoms. The van der Waals surface area contributed by atoms with Crippen LogP contribution in [-0.4, -0.2) is 62.0 Å². The Hall–Kier alpha value is -1.03. The first-order valence-electron chi connectivity index (χ1n) is 6.32. The van der Waals surface area contributed by atoms with Crippen LogP contribution < -0.4 is 5.32 Å². The van der Waals surface area contributed by atoms with Gasteiger partial charge >= 0.3 is 12.4 Å². The molecule has 0 bridgehead atoms. The highest BCUT2D eigenvalue weighted by molar-refractivity contribution is 5.82. The lowest BCUT2D eigenvalue weighted by atomic mass is 9.85. The van der Waals surface area contributed by atoms with Crippen molar-refractivity contribution in [3.05, 3.63) is 0 Å². The van der Waals surface area contributed by atoms with Crippen molar-refractivity contribution in [3.63, 3.8) is 0 Å². The molecule has 2 fully saturated rings. The largest absolute Gasteiger partial charge is 0.404 e. The van der Waals surface area contributed by atoms with Gasteiger partial charge in [0.15, 0.2) is 5.41 Å². The number of morpholine rings is 1. The summed E-state index contributed by atoms with van der Waals surface area (Å²) in [4.78, 5) is 12.6. The van der Waals surface area contributed by atoms with Gasteiger partial charge in [-0.05, 0) is 6.42 Å². The van der Waals surface area contributed by atoms with Gasteiger partial charge in [0.25, 0.3) is 0 Å². The zero-order chi connectivity index (χ0) is 15.9. The summed E-state index contributed by atoms with van der Waals surface area (Å²) >= 11 is 0. The van der Waals surface area contributed by atoms with Gasteiger partial charge in [-0.2, -0.15) is 26.3 Å². The lowest BCUT2D eigenvalue weighted by molar-refractivity contribution is -0.334. The summed E-state index contributed by atoms with van der Waals surface area (Å²) in [5.74, 6) is -0.787. The lowest BCUT2D eigenvalue weighted by Gasteiger charge is -2.34. The number of hydrogen-bond acceptors (Lipinski definition) is 3. The highest BCUT2D eigenvalue weighted by atomic mass is 19.4. The SMILES string of the molecule is O=C(C1COCCN1)N1CCC(C(F)(F)F)(C(F)(F)F)C1. The number of halogens is 6. The molecule has 0 spiro atoms. The number of amides is 1. The predicted octanol–water partition coefficient (Wildman–Crippen LogP) is 1.32. The van der Waals surface area contributed by atoms with Crippen LogP contribution in [0.3, 0.4) is 0 Å². The summed E-state index contributed by atoms with van der Waals surface area (Å²) in [6.07, 6.45) is -12.1. The van der Waals surface area contributed by atoms with Gasteiger partial charge in [0, 0.05) is 19.6 Å². The number of likely N-dealkylation sites (tertiary alicyclic amines) is 1. The summed E-state index contributed by atoms with van der Waals surface area (Å²) in [6, 6.07) is -0.893. The van der Waals surface area contributed by atoms with E-state index in [1.54, 1.807) is 0 Å². The molecule has 122 valence electrons. The van der Waals surface area contributed by atoms with Crippen molar-refractivity contribution < 1.29 is 35.9 Å². The standard InChI is InChI=1S/C11H14F6N2O2/c12-10(13,14)9(11(15,16)17)1-3-19(6-9)8(20)7-5-21-4-2-18-7/h7,18H,1-6H2. The second-order valence-corrected chi connectivity index (χ2v) is 5.17. The molecule has 2 aliphatic rings. The normalized spacial score (nSPS) is 27.0. The molecule has 1 atom stereocenters. The van der Waals surface area contributed by atoms with E-state index in [0.717, 1.165) is 0 Å². The van der Waals surface area contributed by atoms with E-state index in [1.807, 2.05) is 0 Å². The van der Waals surface area contributed by atoms with Crippen molar-refractivity contribution in [2.24, 2.45) is 5.41 Å². The fourth-order valence-corrected chi connectivity index (χ4v) is 2.57. The van der Waals surface area contributed by atoms with Gasteiger partial charge in [-0.1, -0.05) is 0 Å². The summed E-state index contributed by atoms with van der Waals surface area (Å²) in [6.45, 7) is -1.35. The van der Waals surface area contributed by atoms with E-state index < -0.39 is 49.2 Å². The smallest absolute Gasteiger partial charge is 0.378 e. The quantitative estimate of drug-likeness (QED) is 0.741. The fraction of sp³-hybridized carbons (Fsp3) is 0.909. The molecule has 1 unspecified atom stereocenters. The number of hydrogen-bond donors (Lipinski definition) is 1. The highest BCUT2D eigenvalue weighted by Gasteiger charge is 2.73.